The Balaban J connectivity index is 1.81. The number of ether oxygens (including phenoxy) is 1. The fraction of sp³-hybridized carbons (Fsp3) is 0.118. The third-order valence-corrected chi connectivity index (χ3v) is 3.58. The van der Waals surface area contributed by atoms with Gasteiger partial charge in [-0.2, -0.15) is 0 Å². The van der Waals surface area contributed by atoms with Crippen LogP contribution in [0, 0.1) is 11.6 Å². The first-order valence-corrected chi connectivity index (χ1v) is 7.84. The molecule has 0 bridgehead atoms. The molecule has 0 aliphatic carbocycles. The fourth-order valence-corrected chi connectivity index (χ4v) is 2.23. The number of carbonyl (C=O) groups excluding carboxylic acids is 3. The van der Waals surface area contributed by atoms with Gasteiger partial charge < -0.3 is 10.1 Å². The predicted molar refractivity (Wildman–Crippen MR) is 88.1 cm³/mol. The van der Waals surface area contributed by atoms with Crippen LogP contribution in [0.25, 0.3) is 0 Å². The van der Waals surface area contributed by atoms with Crippen LogP contribution in [0.2, 0.25) is 0 Å². The third-order valence-electron chi connectivity index (χ3n) is 3.09. The van der Waals surface area contributed by atoms with Crippen molar-refractivity contribution in [3.63, 3.8) is 0 Å². The predicted octanol–water partition coefficient (Wildman–Crippen LogP) is 2.88. The summed E-state index contributed by atoms with van der Waals surface area (Å²) in [5.74, 6) is -4.25. The summed E-state index contributed by atoms with van der Waals surface area (Å²) < 4.78 is 31.3. The first kappa shape index (κ1) is 18.7. The van der Waals surface area contributed by atoms with Crippen molar-refractivity contribution in [2.45, 2.75) is 0 Å². The van der Waals surface area contributed by atoms with Crippen molar-refractivity contribution < 1.29 is 27.9 Å². The zero-order valence-corrected chi connectivity index (χ0v) is 14.3. The first-order chi connectivity index (χ1) is 11.9. The molecular weight excluding hydrogens is 400 g/mol. The molecule has 0 spiro atoms. The van der Waals surface area contributed by atoms with Crippen LogP contribution in [0.15, 0.2) is 46.9 Å². The monoisotopic (exact) mass is 411 g/mol. The summed E-state index contributed by atoms with van der Waals surface area (Å²) in [7, 11) is 0. The number of halogens is 3. The summed E-state index contributed by atoms with van der Waals surface area (Å²) >= 11 is 3.22. The number of ketones is 1. The molecule has 8 heteroatoms. The minimum absolute atomic E-state index is 0.120. The second kappa shape index (κ2) is 8.48. The Kier molecular flexibility index (Phi) is 6.35. The Bertz CT molecular complexity index is 826. The molecule has 0 aliphatic heterocycles. The zero-order valence-electron chi connectivity index (χ0n) is 12.7. The molecule has 2 aromatic carbocycles. The lowest BCUT2D eigenvalue weighted by molar-refractivity contribution is -0.141. The quantitative estimate of drug-likeness (QED) is 0.585. The molecule has 2 rings (SSSR count). The van der Waals surface area contributed by atoms with Crippen LogP contribution in [-0.2, 0) is 9.53 Å². The van der Waals surface area contributed by atoms with E-state index in [0.29, 0.717) is 10.0 Å². The van der Waals surface area contributed by atoms with E-state index >= 15 is 0 Å². The van der Waals surface area contributed by atoms with E-state index in [1.165, 1.54) is 0 Å². The zero-order chi connectivity index (χ0) is 18.4. The summed E-state index contributed by atoms with van der Waals surface area (Å²) in [6, 6.07) is 9.17. The summed E-state index contributed by atoms with van der Waals surface area (Å²) in [5.41, 5.74) is 0.227. The molecule has 1 amide bonds. The molecule has 0 heterocycles. The first-order valence-electron chi connectivity index (χ1n) is 7.04. The van der Waals surface area contributed by atoms with Gasteiger partial charge in [-0.05, 0) is 36.4 Å². The molecule has 0 saturated carbocycles. The van der Waals surface area contributed by atoms with Gasteiger partial charge in [-0.1, -0.05) is 22.0 Å². The molecule has 130 valence electrons. The second-order valence-electron chi connectivity index (χ2n) is 4.91. The number of carbonyl (C=O) groups is 3. The number of Topliss-reactive ketones (excluding diaryl/α,β-unsaturated/α-hetero) is 1. The largest absolute Gasteiger partial charge is 0.456 e. The molecule has 5 nitrogen and oxygen atoms in total. The smallest absolute Gasteiger partial charge is 0.325 e. The maximum atomic E-state index is 13.1. The number of hydrogen-bond acceptors (Lipinski definition) is 4. The van der Waals surface area contributed by atoms with Gasteiger partial charge in [0, 0.05) is 15.6 Å². The molecule has 0 saturated heterocycles. The van der Waals surface area contributed by atoms with E-state index in [0.717, 1.165) is 18.2 Å². The van der Waals surface area contributed by atoms with Gasteiger partial charge in [0.2, 0.25) is 0 Å². The lowest BCUT2D eigenvalue weighted by Gasteiger charge is -2.07. The van der Waals surface area contributed by atoms with Gasteiger partial charge in [-0.25, -0.2) is 8.78 Å². The van der Waals surface area contributed by atoms with Crippen molar-refractivity contribution in [3.8, 4) is 0 Å². The van der Waals surface area contributed by atoms with Gasteiger partial charge in [0.15, 0.2) is 24.0 Å². The molecule has 0 radical (unpaired) electrons. The highest BCUT2D eigenvalue weighted by Gasteiger charge is 2.14. The number of esters is 1. The topological polar surface area (TPSA) is 72.5 Å². The van der Waals surface area contributed by atoms with E-state index < -0.39 is 42.4 Å². The summed E-state index contributed by atoms with van der Waals surface area (Å²) in [5, 5.41) is 2.35. The van der Waals surface area contributed by atoms with Crippen molar-refractivity contribution in [2.75, 3.05) is 13.2 Å². The van der Waals surface area contributed by atoms with Crippen LogP contribution in [0.5, 0.6) is 0 Å². The van der Waals surface area contributed by atoms with Crippen molar-refractivity contribution in [1.29, 1.82) is 0 Å². The number of rotatable bonds is 6. The maximum Gasteiger partial charge on any atom is 0.325 e. The molecule has 0 atom stereocenters. The lowest BCUT2D eigenvalue weighted by Crippen LogP contribution is -2.31. The standard InChI is InChI=1S/C17H12BrF2NO4/c18-12-3-1-2-11(6-12)17(24)21-8-16(23)25-9-15(22)10-4-5-13(19)14(20)7-10/h1-7H,8-9H2,(H,21,24). The Morgan fingerprint density at radius 1 is 1.00 bits per heavy atom. The van der Waals surface area contributed by atoms with E-state index in [1.54, 1.807) is 24.3 Å². The van der Waals surface area contributed by atoms with Crippen LogP contribution in [0.4, 0.5) is 8.78 Å². The fourth-order valence-electron chi connectivity index (χ4n) is 1.83. The normalized spacial score (nSPS) is 10.2. The van der Waals surface area contributed by atoms with Crippen LogP contribution in [0.1, 0.15) is 20.7 Å². The van der Waals surface area contributed by atoms with Gasteiger partial charge in [-0.3, -0.25) is 14.4 Å². The minimum Gasteiger partial charge on any atom is -0.456 e. The van der Waals surface area contributed by atoms with Crippen molar-refractivity contribution in [3.05, 3.63) is 69.7 Å². The Hall–Kier alpha value is -2.61. The molecule has 25 heavy (non-hydrogen) atoms. The number of hydrogen-bond donors (Lipinski definition) is 1. The Morgan fingerprint density at radius 2 is 1.76 bits per heavy atom. The average Bonchev–Trinajstić information content (AvgIpc) is 2.59. The SMILES string of the molecule is O=C(CNC(=O)c1cccc(Br)c1)OCC(=O)c1ccc(F)c(F)c1. The van der Waals surface area contributed by atoms with E-state index in [-0.39, 0.29) is 5.56 Å². The number of nitrogens with one attached hydrogen (secondary N) is 1. The highest BCUT2D eigenvalue weighted by Crippen LogP contribution is 2.11. The van der Waals surface area contributed by atoms with Gasteiger partial charge in [0.25, 0.3) is 5.91 Å². The second-order valence-corrected chi connectivity index (χ2v) is 5.82. The third kappa shape index (κ3) is 5.46. The molecule has 1 N–H and O–H groups in total. The van der Waals surface area contributed by atoms with E-state index in [9.17, 15) is 23.2 Å². The molecule has 0 aromatic heterocycles. The van der Waals surface area contributed by atoms with Crippen LogP contribution in [0.3, 0.4) is 0 Å². The Labute approximate surface area is 150 Å². The highest BCUT2D eigenvalue weighted by atomic mass is 79.9. The Morgan fingerprint density at radius 3 is 2.44 bits per heavy atom. The lowest BCUT2D eigenvalue weighted by atomic mass is 10.1. The van der Waals surface area contributed by atoms with Gasteiger partial charge in [0.05, 0.1) is 0 Å². The molecular formula is C17H12BrF2NO4. The summed E-state index contributed by atoms with van der Waals surface area (Å²) in [6.45, 7) is -1.08. The van der Waals surface area contributed by atoms with Gasteiger partial charge in [0.1, 0.15) is 6.54 Å². The van der Waals surface area contributed by atoms with E-state index in [1.807, 2.05) is 0 Å². The minimum atomic E-state index is -1.17. The van der Waals surface area contributed by atoms with Crippen molar-refractivity contribution in [1.82, 2.24) is 5.32 Å². The van der Waals surface area contributed by atoms with Crippen LogP contribution < -0.4 is 5.32 Å². The van der Waals surface area contributed by atoms with Gasteiger partial charge >= 0.3 is 5.97 Å². The molecule has 0 unspecified atom stereocenters. The summed E-state index contributed by atoms with van der Waals surface area (Å²) in [4.78, 5) is 35.2. The van der Waals surface area contributed by atoms with E-state index in [4.69, 9.17) is 4.74 Å². The van der Waals surface area contributed by atoms with Gasteiger partial charge in [-0.15, -0.1) is 0 Å². The number of benzene rings is 2. The maximum absolute atomic E-state index is 13.1. The molecule has 0 aliphatic rings. The van der Waals surface area contributed by atoms with Crippen LogP contribution >= 0.6 is 15.9 Å². The molecule has 0 fully saturated rings. The highest BCUT2D eigenvalue weighted by molar-refractivity contribution is 9.10. The summed E-state index contributed by atoms with van der Waals surface area (Å²) in [6.07, 6.45) is 0. The molecule has 2 aromatic rings. The van der Waals surface area contributed by atoms with Crippen LogP contribution in [-0.4, -0.2) is 30.8 Å². The number of amides is 1. The van der Waals surface area contributed by atoms with Crippen molar-refractivity contribution in [2.24, 2.45) is 0 Å². The van der Waals surface area contributed by atoms with E-state index in [2.05, 4.69) is 21.2 Å². The average molecular weight is 412 g/mol. The van der Waals surface area contributed by atoms with Crippen molar-refractivity contribution >= 4 is 33.6 Å².